The van der Waals surface area contributed by atoms with Gasteiger partial charge in [-0.1, -0.05) is 0 Å². The third kappa shape index (κ3) is 4.27. The van der Waals surface area contributed by atoms with E-state index in [0.29, 0.717) is 6.42 Å². The lowest BCUT2D eigenvalue weighted by Crippen LogP contribution is -2.15. The fraction of sp³-hybridized carbons (Fsp3) is 0.462. The van der Waals surface area contributed by atoms with Gasteiger partial charge in [0.1, 0.15) is 0 Å². The van der Waals surface area contributed by atoms with E-state index in [4.69, 9.17) is 4.74 Å². The number of rotatable bonds is 4. The fourth-order valence-corrected chi connectivity index (χ4v) is 2.28. The molecule has 0 aliphatic carbocycles. The minimum absolute atomic E-state index is 0.0710. The molecule has 1 heterocycles. The standard InChI is InChI=1S/C13H16INO2/c14-10-3-5-11(6-4-10)15-13(16)8-7-12-2-1-9-17-12/h3-6,12H,1-2,7-9H2,(H,15,16)/t12-/m1/s1. The maximum atomic E-state index is 11.7. The lowest BCUT2D eigenvalue weighted by molar-refractivity contribution is -0.116. The van der Waals surface area contributed by atoms with Gasteiger partial charge < -0.3 is 10.1 Å². The molecule has 1 aromatic carbocycles. The zero-order valence-corrected chi connectivity index (χ0v) is 11.8. The predicted octanol–water partition coefficient (Wildman–Crippen LogP) is 3.19. The average Bonchev–Trinajstić information content (AvgIpc) is 2.83. The van der Waals surface area contributed by atoms with E-state index in [1.807, 2.05) is 24.3 Å². The van der Waals surface area contributed by atoms with Crippen molar-refractivity contribution < 1.29 is 9.53 Å². The summed E-state index contributed by atoms with van der Waals surface area (Å²) in [6.45, 7) is 0.851. The van der Waals surface area contributed by atoms with Crippen LogP contribution in [0.1, 0.15) is 25.7 Å². The Hall–Kier alpha value is -0.620. The van der Waals surface area contributed by atoms with Gasteiger partial charge in [0.05, 0.1) is 6.10 Å². The van der Waals surface area contributed by atoms with Crippen molar-refractivity contribution >= 4 is 34.2 Å². The Morgan fingerprint density at radius 3 is 2.82 bits per heavy atom. The molecule has 1 N–H and O–H groups in total. The SMILES string of the molecule is O=C(CC[C@H]1CCCO1)Nc1ccc(I)cc1. The summed E-state index contributed by atoms with van der Waals surface area (Å²) in [5.41, 5.74) is 0.864. The smallest absolute Gasteiger partial charge is 0.224 e. The highest BCUT2D eigenvalue weighted by Gasteiger charge is 2.16. The number of benzene rings is 1. The summed E-state index contributed by atoms with van der Waals surface area (Å²) < 4.78 is 6.65. The average molecular weight is 345 g/mol. The number of carbonyl (C=O) groups excluding carboxylic acids is 1. The van der Waals surface area contributed by atoms with Crippen LogP contribution >= 0.6 is 22.6 Å². The van der Waals surface area contributed by atoms with Crippen molar-refractivity contribution in [3.63, 3.8) is 0 Å². The molecular weight excluding hydrogens is 329 g/mol. The van der Waals surface area contributed by atoms with Crippen molar-refractivity contribution in [1.82, 2.24) is 0 Å². The largest absolute Gasteiger partial charge is 0.378 e. The van der Waals surface area contributed by atoms with Gasteiger partial charge in [-0.3, -0.25) is 4.79 Å². The van der Waals surface area contributed by atoms with E-state index in [9.17, 15) is 4.79 Å². The molecule has 0 unspecified atom stereocenters. The molecule has 3 nitrogen and oxygen atoms in total. The lowest BCUT2D eigenvalue weighted by atomic mass is 10.1. The van der Waals surface area contributed by atoms with Gasteiger partial charge in [0.2, 0.25) is 5.91 Å². The number of anilines is 1. The molecular formula is C13H16INO2. The zero-order valence-electron chi connectivity index (χ0n) is 9.62. The van der Waals surface area contributed by atoms with E-state index in [1.165, 1.54) is 3.57 Å². The molecule has 1 atom stereocenters. The van der Waals surface area contributed by atoms with E-state index >= 15 is 0 Å². The summed E-state index contributed by atoms with van der Waals surface area (Å²) in [6, 6.07) is 7.81. The molecule has 1 fully saturated rings. The zero-order chi connectivity index (χ0) is 12.1. The highest BCUT2D eigenvalue weighted by atomic mass is 127. The number of carbonyl (C=O) groups is 1. The molecule has 0 spiro atoms. The molecule has 0 radical (unpaired) electrons. The van der Waals surface area contributed by atoms with Gasteiger partial charge >= 0.3 is 0 Å². The van der Waals surface area contributed by atoms with Gasteiger partial charge in [-0.15, -0.1) is 0 Å². The van der Waals surface area contributed by atoms with Gasteiger partial charge in [0.15, 0.2) is 0 Å². The minimum Gasteiger partial charge on any atom is -0.378 e. The normalized spacial score (nSPS) is 19.2. The minimum atomic E-state index is 0.0710. The highest BCUT2D eigenvalue weighted by Crippen LogP contribution is 2.17. The summed E-state index contributed by atoms with van der Waals surface area (Å²) >= 11 is 2.24. The molecule has 2 rings (SSSR count). The van der Waals surface area contributed by atoms with Crippen LogP contribution in [0.25, 0.3) is 0 Å². The second-order valence-electron chi connectivity index (χ2n) is 4.23. The highest BCUT2D eigenvalue weighted by molar-refractivity contribution is 14.1. The fourth-order valence-electron chi connectivity index (χ4n) is 1.92. The van der Waals surface area contributed by atoms with Crippen molar-refractivity contribution in [2.24, 2.45) is 0 Å². The lowest BCUT2D eigenvalue weighted by Gasteiger charge is -2.09. The Morgan fingerprint density at radius 1 is 1.41 bits per heavy atom. The van der Waals surface area contributed by atoms with E-state index in [2.05, 4.69) is 27.9 Å². The van der Waals surface area contributed by atoms with Gasteiger partial charge in [0, 0.05) is 22.3 Å². The van der Waals surface area contributed by atoms with E-state index in [0.717, 1.165) is 31.6 Å². The predicted molar refractivity (Wildman–Crippen MR) is 76.0 cm³/mol. The number of amides is 1. The van der Waals surface area contributed by atoms with E-state index in [-0.39, 0.29) is 12.0 Å². The van der Waals surface area contributed by atoms with Crippen molar-refractivity contribution in [2.45, 2.75) is 31.8 Å². The quantitative estimate of drug-likeness (QED) is 0.852. The Labute approximate surface area is 115 Å². The first-order valence-electron chi connectivity index (χ1n) is 5.91. The van der Waals surface area contributed by atoms with Crippen LogP contribution in [0.2, 0.25) is 0 Å². The van der Waals surface area contributed by atoms with Crippen molar-refractivity contribution in [2.75, 3.05) is 11.9 Å². The first-order chi connectivity index (χ1) is 8.24. The van der Waals surface area contributed by atoms with Crippen LogP contribution in [0.5, 0.6) is 0 Å². The molecule has 1 aliphatic rings. The molecule has 1 amide bonds. The van der Waals surface area contributed by atoms with Gasteiger partial charge in [-0.25, -0.2) is 0 Å². The molecule has 17 heavy (non-hydrogen) atoms. The van der Waals surface area contributed by atoms with Crippen LogP contribution in [0, 0.1) is 3.57 Å². The van der Waals surface area contributed by atoms with E-state index in [1.54, 1.807) is 0 Å². The summed E-state index contributed by atoms with van der Waals surface area (Å²) in [5, 5.41) is 2.90. The van der Waals surface area contributed by atoms with Gasteiger partial charge in [-0.2, -0.15) is 0 Å². The monoisotopic (exact) mass is 345 g/mol. The Kier molecular flexibility index (Phi) is 4.79. The molecule has 0 bridgehead atoms. The third-order valence-electron chi connectivity index (χ3n) is 2.85. The maximum Gasteiger partial charge on any atom is 0.224 e. The molecule has 4 heteroatoms. The van der Waals surface area contributed by atoms with Gasteiger partial charge in [0.25, 0.3) is 0 Å². The Bertz CT molecular complexity index is 372. The second-order valence-corrected chi connectivity index (χ2v) is 5.47. The number of ether oxygens (including phenoxy) is 1. The third-order valence-corrected chi connectivity index (χ3v) is 3.56. The molecule has 1 saturated heterocycles. The summed E-state index contributed by atoms with van der Waals surface area (Å²) in [6.07, 6.45) is 3.88. The van der Waals surface area contributed by atoms with Crippen LogP contribution in [0.15, 0.2) is 24.3 Å². The van der Waals surface area contributed by atoms with Crippen LogP contribution in [-0.4, -0.2) is 18.6 Å². The molecule has 0 aromatic heterocycles. The maximum absolute atomic E-state index is 11.7. The van der Waals surface area contributed by atoms with Crippen molar-refractivity contribution in [3.05, 3.63) is 27.8 Å². The Morgan fingerprint density at radius 2 is 2.18 bits per heavy atom. The van der Waals surface area contributed by atoms with Crippen LogP contribution in [-0.2, 0) is 9.53 Å². The number of hydrogen-bond donors (Lipinski definition) is 1. The van der Waals surface area contributed by atoms with Crippen molar-refractivity contribution in [3.8, 4) is 0 Å². The summed E-state index contributed by atoms with van der Waals surface area (Å²) in [7, 11) is 0. The summed E-state index contributed by atoms with van der Waals surface area (Å²) in [5.74, 6) is 0.0710. The molecule has 0 saturated carbocycles. The van der Waals surface area contributed by atoms with E-state index < -0.39 is 0 Å². The topological polar surface area (TPSA) is 38.3 Å². The van der Waals surface area contributed by atoms with Gasteiger partial charge in [-0.05, 0) is 66.1 Å². The number of hydrogen-bond acceptors (Lipinski definition) is 2. The molecule has 92 valence electrons. The molecule has 1 aliphatic heterocycles. The second kappa shape index (κ2) is 6.35. The van der Waals surface area contributed by atoms with Crippen LogP contribution in [0.4, 0.5) is 5.69 Å². The summed E-state index contributed by atoms with van der Waals surface area (Å²) in [4.78, 5) is 11.7. The number of nitrogens with one attached hydrogen (secondary N) is 1. The van der Waals surface area contributed by atoms with Crippen LogP contribution < -0.4 is 5.32 Å². The first-order valence-corrected chi connectivity index (χ1v) is 6.99. The van der Waals surface area contributed by atoms with Crippen LogP contribution in [0.3, 0.4) is 0 Å². The van der Waals surface area contributed by atoms with Crippen molar-refractivity contribution in [1.29, 1.82) is 0 Å². The Balaban J connectivity index is 1.74. The molecule has 1 aromatic rings. The number of halogens is 1. The first kappa shape index (κ1) is 12.8.